The summed E-state index contributed by atoms with van der Waals surface area (Å²) in [6.45, 7) is 4.91. The molecular weight excluding hydrogens is 334 g/mol. The molecule has 2 rings (SSSR count). The number of nitrogens with zero attached hydrogens (tertiary/aromatic N) is 2. The number of thiazole rings is 1. The van der Waals surface area contributed by atoms with E-state index < -0.39 is 10.0 Å². The quantitative estimate of drug-likeness (QED) is 0.742. The Balaban J connectivity index is 1.93. The molecule has 2 aromatic heterocycles. The molecule has 9 heteroatoms. The van der Waals surface area contributed by atoms with Crippen molar-refractivity contribution in [2.75, 3.05) is 13.2 Å². The molecule has 0 amide bonds. The summed E-state index contributed by atoms with van der Waals surface area (Å²) in [5.74, 6) is 0. The number of hydrogen-bond donors (Lipinski definition) is 1. The molecule has 0 spiro atoms. The fourth-order valence-electron chi connectivity index (χ4n) is 1.80. The lowest BCUT2D eigenvalue weighted by molar-refractivity contribution is 0.0762. The summed E-state index contributed by atoms with van der Waals surface area (Å²) in [7, 11) is -3.66. The van der Waals surface area contributed by atoms with Crippen molar-refractivity contribution >= 4 is 37.9 Å². The summed E-state index contributed by atoms with van der Waals surface area (Å²) in [5.41, 5.74) is 0. The number of nitrogens with one attached hydrogen (secondary N) is 1. The van der Waals surface area contributed by atoms with Crippen molar-refractivity contribution in [1.29, 1.82) is 0 Å². The first kappa shape index (κ1) is 16.7. The summed E-state index contributed by atoms with van der Waals surface area (Å²) in [4.78, 5) is 4.59. The predicted octanol–water partition coefficient (Wildman–Crippen LogP) is 2.53. The number of unbranched alkanes of at least 4 members (excludes halogenated alkanes) is 1. The van der Waals surface area contributed by atoms with Gasteiger partial charge in [0, 0.05) is 24.7 Å². The number of ether oxygens (including phenoxy) is 1. The molecule has 0 unspecified atom stereocenters. The minimum atomic E-state index is -3.66. The largest absolute Gasteiger partial charge is 0.379 e. The SMILES string of the molecule is CC(C)OCCCCNS(=O)(=O)c1c(Cl)nc2sccn12. The second kappa shape index (κ2) is 7.06. The minimum absolute atomic E-state index is 0.00107. The molecule has 0 saturated heterocycles. The molecule has 2 heterocycles. The first-order valence-electron chi connectivity index (χ1n) is 6.64. The van der Waals surface area contributed by atoms with Gasteiger partial charge in [0.05, 0.1) is 6.10 Å². The zero-order valence-electron chi connectivity index (χ0n) is 11.9. The van der Waals surface area contributed by atoms with Gasteiger partial charge >= 0.3 is 0 Å². The average molecular weight is 352 g/mol. The summed E-state index contributed by atoms with van der Waals surface area (Å²) < 4.78 is 34.0. The van der Waals surface area contributed by atoms with E-state index in [1.807, 2.05) is 13.8 Å². The molecule has 0 aliphatic rings. The first-order valence-corrected chi connectivity index (χ1v) is 9.38. The Morgan fingerprint density at radius 1 is 1.48 bits per heavy atom. The van der Waals surface area contributed by atoms with Crippen LogP contribution < -0.4 is 4.72 Å². The van der Waals surface area contributed by atoms with Crippen LogP contribution in [0.25, 0.3) is 4.96 Å². The van der Waals surface area contributed by atoms with E-state index in [0.717, 1.165) is 6.42 Å². The van der Waals surface area contributed by atoms with Crippen LogP contribution in [0.2, 0.25) is 5.15 Å². The summed E-state index contributed by atoms with van der Waals surface area (Å²) in [6.07, 6.45) is 3.34. The molecule has 0 fully saturated rings. The lowest BCUT2D eigenvalue weighted by atomic mass is 10.3. The third kappa shape index (κ3) is 4.17. The first-order chi connectivity index (χ1) is 9.92. The molecule has 0 radical (unpaired) electrons. The van der Waals surface area contributed by atoms with Gasteiger partial charge in [-0.15, -0.1) is 11.3 Å². The van der Waals surface area contributed by atoms with Crippen LogP contribution in [0.15, 0.2) is 16.6 Å². The van der Waals surface area contributed by atoms with E-state index in [0.29, 0.717) is 24.5 Å². The Morgan fingerprint density at radius 3 is 2.95 bits per heavy atom. The van der Waals surface area contributed by atoms with Crippen LogP contribution in [-0.4, -0.2) is 37.1 Å². The zero-order chi connectivity index (χ0) is 15.5. The van der Waals surface area contributed by atoms with Gasteiger partial charge in [-0.2, -0.15) is 0 Å². The Hall–Kier alpha value is -0.670. The molecule has 0 aliphatic heterocycles. The summed E-state index contributed by atoms with van der Waals surface area (Å²) in [5, 5.41) is 1.76. The number of aromatic nitrogens is 2. The lowest BCUT2D eigenvalue weighted by Crippen LogP contribution is -2.26. The zero-order valence-corrected chi connectivity index (χ0v) is 14.3. The van der Waals surface area contributed by atoms with Crippen LogP contribution in [0.4, 0.5) is 0 Å². The number of fused-ring (bicyclic) bond motifs is 1. The Morgan fingerprint density at radius 2 is 2.24 bits per heavy atom. The van der Waals surface area contributed by atoms with Crippen molar-refractivity contribution < 1.29 is 13.2 Å². The van der Waals surface area contributed by atoms with Crippen molar-refractivity contribution in [2.45, 2.75) is 37.8 Å². The number of halogens is 1. The third-order valence-corrected chi connectivity index (χ3v) is 5.36. The second-order valence-corrected chi connectivity index (χ2v) is 7.70. The van der Waals surface area contributed by atoms with E-state index in [2.05, 4.69) is 9.71 Å². The van der Waals surface area contributed by atoms with Crippen LogP contribution in [0.3, 0.4) is 0 Å². The Labute approximate surface area is 133 Å². The molecule has 118 valence electrons. The van der Waals surface area contributed by atoms with Gasteiger partial charge < -0.3 is 4.74 Å². The van der Waals surface area contributed by atoms with E-state index in [1.165, 1.54) is 15.7 Å². The fourth-order valence-corrected chi connectivity index (χ4v) is 4.32. The maximum atomic E-state index is 12.3. The Bertz CT molecular complexity index is 694. The van der Waals surface area contributed by atoms with E-state index in [4.69, 9.17) is 16.3 Å². The highest BCUT2D eigenvalue weighted by Crippen LogP contribution is 2.25. The van der Waals surface area contributed by atoms with Gasteiger partial charge in [0.2, 0.25) is 0 Å². The van der Waals surface area contributed by atoms with E-state index in [1.54, 1.807) is 11.6 Å². The van der Waals surface area contributed by atoms with Crippen molar-refractivity contribution in [3.8, 4) is 0 Å². The highest BCUT2D eigenvalue weighted by Gasteiger charge is 2.24. The van der Waals surface area contributed by atoms with Gasteiger partial charge in [-0.05, 0) is 26.7 Å². The highest BCUT2D eigenvalue weighted by atomic mass is 35.5. The van der Waals surface area contributed by atoms with Gasteiger partial charge in [0.25, 0.3) is 10.0 Å². The molecule has 21 heavy (non-hydrogen) atoms. The highest BCUT2D eigenvalue weighted by molar-refractivity contribution is 7.89. The number of hydrogen-bond acceptors (Lipinski definition) is 5. The van der Waals surface area contributed by atoms with Gasteiger partial charge in [0.15, 0.2) is 15.1 Å². The van der Waals surface area contributed by atoms with Gasteiger partial charge in [-0.1, -0.05) is 11.6 Å². The molecule has 0 atom stereocenters. The van der Waals surface area contributed by atoms with Crippen LogP contribution in [-0.2, 0) is 14.8 Å². The van der Waals surface area contributed by atoms with E-state index >= 15 is 0 Å². The molecule has 0 bridgehead atoms. The van der Waals surface area contributed by atoms with Crippen LogP contribution >= 0.6 is 22.9 Å². The van der Waals surface area contributed by atoms with Gasteiger partial charge in [-0.25, -0.2) is 18.1 Å². The maximum absolute atomic E-state index is 12.3. The molecule has 1 N–H and O–H groups in total. The molecule has 0 aliphatic carbocycles. The summed E-state index contributed by atoms with van der Waals surface area (Å²) in [6, 6.07) is 0. The molecule has 0 aromatic carbocycles. The summed E-state index contributed by atoms with van der Waals surface area (Å²) >= 11 is 7.26. The van der Waals surface area contributed by atoms with Crippen molar-refractivity contribution in [3.05, 3.63) is 16.7 Å². The second-order valence-electron chi connectivity index (χ2n) is 4.79. The average Bonchev–Trinajstić information content (AvgIpc) is 2.92. The van der Waals surface area contributed by atoms with Crippen molar-refractivity contribution in [3.63, 3.8) is 0 Å². The van der Waals surface area contributed by atoms with E-state index in [-0.39, 0.29) is 16.3 Å². The van der Waals surface area contributed by atoms with Gasteiger partial charge in [-0.3, -0.25) is 4.40 Å². The molecule has 2 aromatic rings. The van der Waals surface area contributed by atoms with E-state index in [9.17, 15) is 8.42 Å². The molecular formula is C12H18ClN3O3S2. The van der Waals surface area contributed by atoms with Crippen LogP contribution in [0, 0.1) is 0 Å². The fraction of sp³-hybridized carbons (Fsp3) is 0.583. The predicted molar refractivity (Wildman–Crippen MR) is 83.6 cm³/mol. The number of rotatable bonds is 8. The van der Waals surface area contributed by atoms with Crippen molar-refractivity contribution in [1.82, 2.24) is 14.1 Å². The third-order valence-electron chi connectivity index (χ3n) is 2.75. The standard InChI is InChI=1S/C12H18ClN3O3S2/c1-9(2)19-7-4-3-5-14-21(17,18)11-10(13)15-12-16(11)6-8-20-12/h6,8-9,14H,3-5,7H2,1-2H3. The van der Waals surface area contributed by atoms with Crippen molar-refractivity contribution in [2.24, 2.45) is 0 Å². The Kier molecular flexibility index (Phi) is 5.61. The topological polar surface area (TPSA) is 72.7 Å². The number of imidazole rings is 1. The van der Waals surface area contributed by atoms with Crippen LogP contribution in [0.1, 0.15) is 26.7 Å². The minimum Gasteiger partial charge on any atom is -0.379 e. The maximum Gasteiger partial charge on any atom is 0.259 e. The van der Waals surface area contributed by atoms with Crippen LogP contribution in [0.5, 0.6) is 0 Å². The monoisotopic (exact) mass is 351 g/mol. The molecule has 0 saturated carbocycles. The normalized spacial score (nSPS) is 12.6. The lowest BCUT2D eigenvalue weighted by Gasteiger charge is -2.08. The molecule has 6 nitrogen and oxygen atoms in total. The van der Waals surface area contributed by atoms with Gasteiger partial charge in [0.1, 0.15) is 0 Å². The number of sulfonamides is 1. The smallest absolute Gasteiger partial charge is 0.259 e.